The van der Waals surface area contributed by atoms with Crippen LogP contribution in [0.25, 0.3) is 0 Å². The van der Waals surface area contributed by atoms with Gasteiger partial charge in [-0.15, -0.1) is 35.9 Å². The minimum Gasteiger partial charge on any atom is -0.125 e. The van der Waals surface area contributed by atoms with E-state index in [0.717, 1.165) is 12.5 Å². The van der Waals surface area contributed by atoms with Crippen molar-refractivity contribution in [1.29, 1.82) is 0 Å². The normalized spacial score (nSPS) is 9.86. The molecule has 0 heterocycles. The van der Waals surface area contributed by atoms with Crippen molar-refractivity contribution in [1.82, 2.24) is 0 Å². The predicted octanol–water partition coefficient (Wildman–Crippen LogP) is 2.92. The Kier molecular flexibility index (Phi) is 6.74. The first-order valence-electron chi connectivity index (χ1n) is 5.18. The van der Waals surface area contributed by atoms with Crippen LogP contribution in [0.4, 0.5) is 0 Å². The Balaban J connectivity index is 3.83. The Morgan fingerprint density at radius 2 is 1.36 bits per heavy atom. The van der Waals surface area contributed by atoms with Crippen molar-refractivity contribution in [2.45, 2.75) is 45.1 Å². The summed E-state index contributed by atoms with van der Waals surface area (Å²) in [6.45, 7) is 2.20. The molecule has 0 unspecified atom stereocenters. The molecular formula is C13H18Si. The van der Waals surface area contributed by atoms with Crippen LogP contribution in [0.15, 0.2) is 0 Å². The van der Waals surface area contributed by atoms with Gasteiger partial charge >= 0.3 is 0 Å². The number of hydrogen-bond donors (Lipinski definition) is 0. The molecule has 0 aliphatic heterocycles. The van der Waals surface area contributed by atoms with Crippen molar-refractivity contribution in [2.24, 2.45) is 0 Å². The van der Waals surface area contributed by atoms with E-state index in [1.54, 1.807) is 0 Å². The minimum absolute atomic E-state index is 0.889. The van der Waals surface area contributed by atoms with Crippen molar-refractivity contribution >= 4 is 8.07 Å². The average Bonchev–Trinajstić information content (AvgIpc) is 2.24. The van der Waals surface area contributed by atoms with Gasteiger partial charge < -0.3 is 0 Å². The van der Waals surface area contributed by atoms with E-state index in [4.69, 9.17) is 19.3 Å². The van der Waals surface area contributed by atoms with E-state index in [2.05, 4.69) is 23.6 Å². The molecule has 14 heavy (non-hydrogen) atoms. The van der Waals surface area contributed by atoms with Crippen LogP contribution >= 0.6 is 0 Å². The van der Waals surface area contributed by atoms with E-state index in [0.29, 0.717) is 0 Å². The maximum absolute atomic E-state index is 5.40. The summed E-state index contributed by atoms with van der Waals surface area (Å²) >= 11 is 0. The molecule has 0 amide bonds. The van der Waals surface area contributed by atoms with Crippen molar-refractivity contribution in [2.75, 3.05) is 0 Å². The van der Waals surface area contributed by atoms with Crippen molar-refractivity contribution in [3.05, 3.63) is 0 Å². The summed E-state index contributed by atoms with van der Waals surface area (Å²) in [6, 6.07) is 0.889. The highest BCUT2D eigenvalue weighted by Crippen LogP contribution is 2.13. The van der Waals surface area contributed by atoms with Gasteiger partial charge in [0.1, 0.15) is 0 Å². The van der Waals surface area contributed by atoms with Gasteiger partial charge in [-0.1, -0.05) is 39.0 Å². The van der Waals surface area contributed by atoms with Gasteiger partial charge in [0.25, 0.3) is 8.07 Å². The SMILES string of the molecule is C#C[Si](C#C)(C#C)CCCCCCC. The summed E-state index contributed by atoms with van der Waals surface area (Å²) < 4.78 is 0. The fraction of sp³-hybridized carbons (Fsp3) is 0.538. The van der Waals surface area contributed by atoms with Gasteiger partial charge in [0.15, 0.2) is 0 Å². The fourth-order valence-corrected chi connectivity index (χ4v) is 2.80. The Bertz CT molecular complexity index is 233. The maximum atomic E-state index is 5.40. The molecule has 1 heteroatoms. The zero-order valence-electron chi connectivity index (χ0n) is 8.97. The quantitative estimate of drug-likeness (QED) is 0.353. The summed E-state index contributed by atoms with van der Waals surface area (Å²) in [6.07, 6.45) is 22.3. The molecule has 0 aromatic rings. The van der Waals surface area contributed by atoms with E-state index >= 15 is 0 Å². The second-order valence-electron chi connectivity index (χ2n) is 3.50. The zero-order chi connectivity index (χ0) is 10.9. The average molecular weight is 202 g/mol. The molecule has 0 bridgehead atoms. The van der Waals surface area contributed by atoms with Crippen LogP contribution in [0.3, 0.4) is 0 Å². The highest BCUT2D eigenvalue weighted by molar-refractivity contribution is 7.00. The van der Waals surface area contributed by atoms with Gasteiger partial charge in [0.2, 0.25) is 0 Å². The lowest BCUT2D eigenvalue weighted by Crippen LogP contribution is -2.29. The van der Waals surface area contributed by atoms with Gasteiger partial charge in [0.05, 0.1) is 0 Å². The molecular weight excluding hydrogens is 184 g/mol. The predicted molar refractivity (Wildman–Crippen MR) is 65.8 cm³/mol. The third-order valence-corrected chi connectivity index (χ3v) is 4.98. The highest BCUT2D eigenvalue weighted by atomic mass is 28.3. The first-order valence-corrected chi connectivity index (χ1v) is 7.38. The summed E-state index contributed by atoms with van der Waals surface area (Å²) in [5.41, 5.74) is 8.02. The third-order valence-electron chi connectivity index (χ3n) is 2.39. The molecule has 0 aromatic carbocycles. The molecule has 0 saturated heterocycles. The van der Waals surface area contributed by atoms with Gasteiger partial charge in [-0.2, -0.15) is 0 Å². The number of hydrogen-bond acceptors (Lipinski definition) is 0. The molecule has 0 aliphatic rings. The Morgan fingerprint density at radius 1 is 0.857 bits per heavy atom. The molecule has 0 nitrogen and oxygen atoms in total. The van der Waals surface area contributed by atoms with Crippen molar-refractivity contribution in [3.63, 3.8) is 0 Å². The summed E-state index contributed by atoms with van der Waals surface area (Å²) in [5.74, 6) is 0. The topological polar surface area (TPSA) is 0 Å². The fourth-order valence-electron chi connectivity index (χ4n) is 1.34. The van der Waals surface area contributed by atoms with E-state index in [1.807, 2.05) is 0 Å². The van der Waals surface area contributed by atoms with Crippen molar-refractivity contribution in [3.8, 4) is 35.9 Å². The van der Waals surface area contributed by atoms with E-state index in [-0.39, 0.29) is 0 Å². The number of terminal acetylenes is 3. The second-order valence-corrected chi connectivity index (χ2v) is 6.68. The molecule has 74 valence electrons. The third kappa shape index (κ3) is 4.22. The Morgan fingerprint density at radius 3 is 1.79 bits per heavy atom. The monoisotopic (exact) mass is 202 g/mol. The van der Waals surface area contributed by atoms with Crippen LogP contribution in [0.1, 0.15) is 39.0 Å². The lowest BCUT2D eigenvalue weighted by Gasteiger charge is -2.11. The molecule has 0 radical (unpaired) electrons. The molecule has 0 aliphatic carbocycles. The lowest BCUT2D eigenvalue weighted by molar-refractivity contribution is 0.654. The van der Waals surface area contributed by atoms with Crippen LogP contribution in [0.5, 0.6) is 0 Å². The van der Waals surface area contributed by atoms with Crippen molar-refractivity contribution < 1.29 is 0 Å². The van der Waals surface area contributed by atoms with Gasteiger partial charge in [-0.25, -0.2) is 0 Å². The molecule has 0 rings (SSSR count). The lowest BCUT2D eigenvalue weighted by atomic mass is 10.2. The number of unbranched alkanes of at least 4 members (excludes halogenated alkanes) is 4. The van der Waals surface area contributed by atoms with Gasteiger partial charge in [-0.3, -0.25) is 0 Å². The molecule has 0 fully saturated rings. The number of rotatable bonds is 6. The van der Waals surface area contributed by atoms with Gasteiger partial charge in [0, 0.05) is 0 Å². The highest BCUT2D eigenvalue weighted by Gasteiger charge is 2.25. The molecule has 0 saturated carbocycles. The van der Waals surface area contributed by atoms with Crippen LogP contribution < -0.4 is 0 Å². The molecule has 0 aromatic heterocycles. The molecule has 0 spiro atoms. The summed E-state index contributed by atoms with van der Waals surface area (Å²) in [7, 11) is -2.19. The molecule has 0 N–H and O–H groups in total. The van der Waals surface area contributed by atoms with E-state index in [9.17, 15) is 0 Å². The van der Waals surface area contributed by atoms with E-state index in [1.165, 1.54) is 25.7 Å². The van der Waals surface area contributed by atoms with Gasteiger partial charge in [-0.05, 0) is 6.04 Å². The first-order chi connectivity index (χ1) is 6.74. The zero-order valence-corrected chi connectivity index (χ0v) is 9.97. The first kappa shape index (κ1) is 12.9. The smallest absolute Gasteiger partial charge is 0.125 e. The van der Waals surface area contributed by atoms with Crippen LogP contribution in [-0.2, 0) is 0 Å². The van der Waals surface area contributed by atoms with Crippen LogP contribution in [0, 0.1) is 35.9 Å². The standard InChI is InChI=1S/C13H18Si/c1-5-9-10-11-12-13-14(6-2,7-3)8-4/h2-4H,5,9-13H2,1H3. The Hall–Kier alpha value is -1.10. The Labute approximate surface area is 89.5 Å². The second kappa shape index (κ2) is 7.31. The van der Waals surface area contributed by atoms with Crippen LogP contribution in [-0.4, -0.2) is 8.07 Å². The summed E-state index contributed by atoms with van der Waals surface area (Å²) in [4.78, 5) is 0. The summed E-state index contributed by atoms with van der Waals surface area (Å²) in [5, 5.41) is 0. The van der Waals surface area contributed by atoms with E-state index < -0.39 is 8.07 Å². The van der Waals surface area contributed by atoms with Crippen LogP contribution in [0.2, 0.25) is 6.04 Å². The maximum Gasteiger partial charge on any atom is 0.289 e. The minimum atomic E-state index is -2.19. The largest absolute Gasteiger partial charge is 0.289 e. The molecule has 0 atom stereocenters.